The molecule has 0 bridgehead atoms. The first-order chi connectivity index (χ1) is 9.77. The van der Waals surface area contributed by atoms with Gasteiger partial charge in [0.2, 0.25) is 0 Å². The summed E-state index contributed by atoms with van der Waals surface area (Å²) in [5.41, 5.74) is 2.16. The SMILES string of the molecule is CC([NH2+]CCCC(=O)c1ccccc1)c1ccccc1. The number of benzene rings is 2. The van der Waals surface area contributed by atoms with Crippen molar-refractivity contribution in [2.45, 2.75) is 25.8 Å². The molecule has 0 aliphatic heterocycles. The predicted molar refractivity (Wildman–Crippen MR) is 81.7 cm³/mol. The third-order valence-corrected chi connectivity index (χ3v) is 3.55. The van der Waals surface area contributed by atoms with Crippen molar-refractivity contribution in [3.8, 4) is 0 Å². The molecule has 20 heavy (non-hydrogen) atoms. The zero-order valence-corrected chi connectivity index (χ0v) is 12.0. The van der Waals surface area contributed by atoms with E-state index in [1.807, 2.05) is 36.4 Å². The first-order valence-electron chi connectivity index (χ1n) is 7.24. The molecule has 2 N–H and O–H groups in total. The van der Waals surface area contributed by atoms with Crippen LogP contribution in [0.15, 0.2) is 60.7 Å². The lowest BCUT2D eigenvalue weighted by Gasteiger charge is -2.10. The standard InChI is InChI=1S/C18H21NO/c1-15(16-9-4-2-5-10-16)19-14-8-13-18(20)17-11-6-3-7-12-17/h2-7,9-12,15,19H,8,13-14H2,1H3/p+1. The molecule has 1 atom stereocenters. The normalized spacial score (nSPS) is 12.1. The molecule has 2 aromatic carbocycles. The van der Waals surface area contributed by atoms with Crippen LogP contribution in [0.25, 0.3) is 0 Å². The van der Waals surface area contributed by atoms with Gasteiger partial charge in [-0.2, -0.15) is 0 Å². The lowest BCUT2D eigenvalue weighted by molar-refractivity contribution is -0.692. The summed E-state index contributed by atoms with van der Waals surface area (Å²) in [7, 11) is 0. The van der Waals surface area contributed by atoms with E-state index < -0.39 is 0 Å². The van der Waals surface area contributed by atoms with Crippen LogP contribution in [-0.4, -0.2) is 12.3 Å². The van der Waals surface area contributed by atoms with Gasteiger partial charge < -0.3 is 5.32 Å². The number of carbonyl (C=O) groups excluding carboxylic acids is 1. The number of ketones is 1. The summed E-state index contributed by atoms with van der Waals surface area (Å²) in [4.78, 5) is 11.9. The van der Waals surface area contributed by atoms with Gasteiger partial charge in [-0.05, 0) is 6.92 Å². The molecular weight excluding hydrogens is 246 g/mol. The molecule has 0 saturated heterocycles. The van der Waals surface area contributed by atoms with Crippen LogP contribution >= 0.6 is 0 Å². The van der Waals surface area contributed by atoms with Crippen molar-refractivity contribution in [2.75, 3.05) is 6.54 Å². The van der Waals surface area contributed by atoms with Crippen molar-refractivity contribution in [3.05, 3.63) is 71.8 Å². The molecule has 0 heterocycles. The van der Waals surface area contributed by atoms with E-state index in [2.05, 4.69) is 36.5 Å². The summed E-state index contributed by atoms with van der Waals surface area (Å²) in [5, 5.41) is 2.30. The van der Waals surface area contributed by atoms with Crippen LogP contribution in [0.5, 0.6) is 0 Å². The quantitative estimate of drug-likeness (QED) is 0.608. The van der Waals surface area contributed by atoms with E-state index in [1.165, 1.54) is 5.56 Å². The van der Waals surface area contributed by atoms with E-state index in [0.717, 1.165) is 18.5 Å². The number of rotatable bonds is 7. The molecule has 2 nitrogen and oxygen atoms in total. The van der Waals surface area contributed by atoms with Gasteiger partial charge in [-0.15, -0.1) is 0 Å². The molecule has 0 amide bonds. The van der Waals surface area contributed by atoms with Crippen molar-refractivity contribution >= 4 is 5.78 Å². The van der Waals surface area contributed by atoms with Crippen LogP contribution in [0.4, 0.5) is 0 Å². The van der Waals surface area contributed by atoms with E-state index in [9.17, 15) is 4.79 Å². The van der Waals surface area contributed by atoms with Crippen molar-refractivity contribution in [3.63, 3.8) is 0 Å². The van der Waals surface area contributed by atoms with Gasteiger partial charge >= 0.3 is 0 Å². The second-order valence-electron chi connectivity index (χ2n) is 5.12. The predicted octanol–water partition coefficient (Wildman–Crippen LogP) is 2.97. The molecule has 2 rings (SSSR count). The number of carbonyl (C=O) groups is 1. The van der Waals surface area contributed by atoms with E-state index in [1.54, 1.807) is 0 Å². The van der Waals surface area contributed by atoms with Gasteiger partial charge in [0, 0.05) is 24.0 Å². The molecule has 104 valence electrons. The Morgan fingerprint density at radius 3 is 2.25 bits per heavy atom. The van der Waals surface area contributed by atoms with Crippen LogP contribution in [0.3, 0.4) is 0 Å². The Morgan fingerprint density at radius 2 is 1.60 bits per heavy atom. The lowest BCUT2D eigenvalue weighted by Crippen LogP contribution is -2.84. The average Bonchev–Trinajstić information content (AvgIpc) is 2.53. The highest BCUT2D eigenvalue weighted by Gasteiger charge is 2.09. The van der Waals surface area contributed by atoms with Gasteiger partial charge in [0.25, 0.3) is 0 Å². The summed E-state index contributed by atoms with van der Waals surface area (Å²) < 4.78 is 0. The lowest BCUT2D eigenvalue weighted by atomic mass is 10.1. The van der Waals surface area contributed by atoms with E-state index in [-0.39, 0.29) is 5.78 Å². The summed E-state index contributed by atoms with van der Waals surface area (Å²) >= 11 is 0. The highest BCUT2D eigenvalue weighted by atomic mass is 16.1. The Morgan fingerprint density at radius 1 is 1.00 bits per heavy atom. The third-order valence-electron chi connectivity index (χ3n) is 3.55. The Bertz CT molecular complexity index is 522. The van der Waals surface area contributed by atoms with Gasteiger partial charge in [0.05, 0.1) is 6.54 Å². The van der Waals surface area contributed by atoms with Crippen LogP contribution in [-0.2, 0) is 0 Å². The van der Waals surface area contributed by atoms with Crippen LogP contribution < -0.4 is 5.32 Å². The Balaban J connectivity index is 1.71. The number of Topliss-reactive ketones (excluding diaryl/α,β-unsaturated/α-hetero) is 1. The largest absolute Gasteiger partial charge is 0.340 e. The second kappa shape index (κ2) is 7.61. The molecular formula is C18H22NO+. The molecule has 2 aromatic rings. The minimum Gasteiger partial charge on any atom is -0.340 e. The molecule has 1 unspecified atom stereocenters. The van der Waals surface area contributed by atoms with E-state index in [0.29, 0.717) is 12.5 Å². The van der Waals surface area contributed by atoms with Crippen LogP contribution in [0.1, 0.15) is 41.7 Å². The van der Waals surface area contributed by atoms with Crippen molar-refractivity contribution < 1.29 is 10.1 Å². The summed E-state index contributed by atoms with van der Waals surface area (Å²) in [5.74, 6) is 0.242. The maximum atomic E-state index is 11.9. The molecule has 0 aliphatic carbocycles. The molecule has 0 aliphatic rings. The minimum atomic E-state index is 0.242. The van der Waals surface area contributed by atoms with Gasteiger partial charge in [0.1, 0.15) is 6.04 Å². The molecule has 0 fully saturated rings. The van der Waals surface area contributed by atoms with Gasteiger partial charge in [-0.3, -0.25) is 4.79 Å². The smallest absolute Gasteiger partial charge is 0.163 e. The first kappa shape index (κ1) is 14.5. The van der Waals surface area contributed by atoms with Crippen LogP contribution in [0, 0.1) is 0 Å². The molecule has 0 saturated carbocycles. The van der Waals surface area contributed by atoms with Crippen LogP contribution in [0.2, 0.25) is 0 Å². The number of hydrogen-bond acceptors (Lipinski definition) is 1. The highest BCUT2D eigenvalue weighted by molar-refractivity contribution is 5.95. The fraction of sp³-hybridized carbons (Fsp3) is 0.278. The molecule has 2 heteroatoms. The van der Waals surface area contributed by atoms with E-state index in [4.69, 9.17) is 0 Å². The molecule has 0 radical (unpaired) electrons. The first-order valence-corrected chi connectivity index (χ1v) is 7.24. The third kappa shape index (κ3) is 4.32. The Labute approximate surface area is 120 Å². The minimum absolute atomic E-state index is 0.242. The monoisotopic (exact) mass is 268 g/mol. The van der Waals surface area contributed by atoms with Crippen molar-refractivity contribution in [1.29, 1.82) is 0 Å². The summed E-state index contributed by atoms with van der Waals surface area (Å²) in [6, 6.07) is 20.5. The topological polar surface area (TPSA) is 33.7 Å². The fourth-order valence-corrected chi connectivity index (χ4v) is 2.29. The van der Waals surface area contributed by atoms with Crippen molar-refractivity contribution in [2.24, 2.45) is 0 Å². The number of hydrogen-bond donors (Lipinski definition) is 1. The number of nitrogens with two attached hydrogens (primary N) is 1. The zero-order chi connectivity index (χ0) is 14.2. The van der Waals surface area contributed by atoms with E-state index >= 15 is 0 Å². The fourth-order valence-electron chi connectivity index (χ4n) is 2.29. The Hall–Kier alpha value is -1.93. The zero-order valence-electron chi connectivity index (χ0n) is 12.0. The summed E-state index contributed by atoms with van der Waals surface area (Å²) in [6.45, 7) is 3.18. The highest BCUT2D eigenvalue weighted by Crippen LogP contribution is 2.07. The van der Waals surface area contributed by atoms with Gasteiger partial charge in [-0.1, -0.05) is 60.7 Å². The van der Waals surface area contributed by atoms with Gasteiger partial charge in [-0.25, -0.2) is 0 Å². The average molecular weight is 268 g/mol. The second-order valence-corrected chi connectivity index (χ2v) is 5.12. The maximum absolute atomic E-state index is 11.9. The number of quaternary nitrogens is 1. The molecule has 0 aromatic heterocycles. The van der Waals surface area contributed by atoms with Gasteiger partial charge in [0.15, 0.2) is 5.78 Å². The maximum Gasteiger partial charge on any atom is 0.163 e. The molecule has 0 spiro atoms. The summed E-state index contributed by atoms with van der Waals surface area (Å²) in [6.07, 6.45) is 1.55. The Kier molecular flexibility index (Phi) is 5.51. The van der Waals surface area contributed by atoms with Crippen molar-refractivity contribution in [1.82, 2.24) is 0 Å².